The van der Waals surface area contributed by atoms with E-state index in [2.05, 4.69) is 19.2 Å². The molecular formula is C14H30N2O2. The van der Waals surface area contributed by atoms with Crippen LogP contribution in [0.25, 0.3) is 0 Å². The van der Waals surface area contributed by atoms with Gasteiger partial charge in [-0.05, 0) is 46.5 Å². The van der Waals surface area contributed by atoms with Crippen LogP contribution in [0.3, 0.4) is 0 Å². The van der Waals surface area contributed by atoms with Crippen molar-refractivity contribution >= 4 is 6.03 Å². The summed E-state index contributed by atoms with van der Waals surface area (Å²) in [7, 11) is 0. The number of nitrogens with zero attached hydrogens (tertiary/aromatic N) is 1. The smallest absolute Gasteiger partial charge is 0.317 e. The van der Waals surface area contributed by atoms with Gasteiger partial charge < -0.3 is 15.3 Å². The minimum Gasteiger partial charge on any atom is -0.392 e. The first kappa shape index (κ1) is 17.2. The Labute approximate surface area is 112 Å². The normalized spacial score (nSPS) is 14.7. The summed E-state index contributed by atoms with van der Waals surface area (Å²) >= 11 is 0. The lowest BCUT2D eigenvalue weighted by molar-refractivity contribution is 0.117. The average molecular weight is 258 g/mol. The summed E-state index contributed by atoms with van der Waals surface area (Å²) in [5.41, 5.74) is 0. The minimum absolute atomic E-state index is 0.0813. The Kier molecular flexibility index (Phi) is 8.00. The fourth-order valence-electron chi connectivity index (χ4n) is 1.76. The van der Waals surface area contributed by atoms with E-state index < -0.39 is 6.10 Å². The van der Waals surface area contributed by atoms with Crippen molar-refractivity contribution in [3.63, 3.8) is 0 Å². The Morgan fingerprint density at radius 3 is 2.06 bits per heavy atom. The number of nitrogens with one attached hydrogen (secondary N) is 1. The molecule has 108 valence electrons. The van der Waals surface area contributed by atoms with Gasteiger partial charge in [-0.15, -0.1) is 0 Å². The molecule has 18 heavy (non-hydrogen) atoms. The topological polar surface area (TPSA) is 52.6 Å². The monoisotopic (exact) mass is 258 g/mol. The van der Waals surface area contributed by atoms with Crippen LogP contribution in [0.2, 0.25) is 0 Å². The van der Waals surface area contributed by atoms with Crippen molar-refractivity contribution in [1.82, 2.24) is 10.2 Å². The van der Waals surface area contributed by atoms with Crippen molar-refractivity contribution in [2.75, 3.05) is 6.54 Å². The minimum atomic E-state index is -0.496. The van der Waals surface area contributed by atoms with Gasteiger partial charge in [0.2, 0.25) is 0 Å². The van der Waals surface area contributed by atoms with Crippen LogP contribution >= 0.6 is 0 Å². The average Bonchev–Trinajstić information content (AvgIpc) is 2.22. The standard InChI is InChI=1S/C14H30N2O2/c1-10(2)7-8-12(5)15-14(18)16(11(3)4)9-13(6)17/h10-13,17H,7-9H2,1-6H3,(H,15,18). The van der Waals surface area contributed by atoms with Gasteiger partial charge in [-0.2, -0.15) is 0 Å². The van der Waals surface area contributed by atoms with Gasteiger partial charge in [-0.25, -0.2) is 4.79 Å². The predicted octanol–water partition coefficient (Wildman–Crippen LogP) is 2.61. The van der Waals surface area contributed by atoms with Gasteiger partial charge in [-0.3, -0.25) is 0 Å². The molecule has 0 spiro atoms. The number of aliphatic hydroxyl groups excluding tert-OH is 1. The second-order valence-electron chi connectivity index (χ2n) is 5.92. The molecule has 0 saturated carbocycles. The van der Waals surface area contributed by atoms with Crippen molar-refractivity contribution in [3.8, 4) is 0 Å². The van der Waals surface area contributed by atoms with Gasteiger partial charge in [0.15, 0.2) is 0 Å². The molecule has 0 radical (unpaired) electrons. The third-order valence-corrected chi connectivity index (χ3v) is 2.89. The van der Waals surface area contributed by atoms with E-state index >= 15 is 0 Å². The molecule has 0 fully saturated rings. The highest BCUT2D eigenvalue weighted by atomic mass is 16.3. The van der Waals surface area contributed by atoms with Crippen molar-refractivity contribution < 1.29 is 9.90 Å². The van der Waals surface area contributed by atoms with E-state index in [0.717, 1.165) is 12.8 Å². The first-order chi connectivity index (χ1) is 8.23. The Morgan fingerprint density at radius 1 is 1.11 bits per heavy atom. The quantitative estimate of drug-likeness (QED) is 0.737. The zero-order valence-electron chi connectivity index (χ0n) is 12.7. The number of urea groups is 1. The molecular weight excluding hydrogens is 228 g/mol. The van der Waals surface area contributed by atoms with Crippen LogP contribution in [-0.4, -0.2) is 40.8 Å². The maximum absolute atomic E-state index is 12.1. The first-order valence-corrected chi connectivity index (χ1v) is 6.99. The van der Waals surface area contributed by atoms with Gasteiger partial charge in [-0.1, -0.05) is 13.8 Å². The Morgan fingerprint density at radius 2 is 1.67 bits per heavy atom. The largest absolute Gasteiger partial charge is 0.392 e. The molecule has 0 aliphatic carbocycles. The first-order valence-electron chi connectivity index (χ1n) is 6.99. The predicted molar refractivity (Wildman–Crippen MR) is 75.6 cm³/mol. The molecule has 0 heterocycles. The number of hydrogen-bond donors (Lipinski definition) is 2. The van der Waals surface area contributed by atoms with E-state index in [1.165, 1.54) is 0 Å². The highest BCUT2D eigenvalue weighted by Crippen LogP contribution is 2.08. The molecule has 0 aromatic rings. The van der Waals surface area contributed by atoms with E-state index in [1.54, 1.807) is 11.8 Å². The third-order valence-electron chi connectivity index (χ3n) is 2.89. The molecule has 0 aromatic carbocycles. The van der Waals surface area contributed by atoms with Gasteiger partial charge in [0.1, 0.15) is 0 Å². The summed E-state index contributed by atoms with van der Waals surface area (Å²) in [6.45, 7) is 12.4. The molecule has 0 aliphatic heterocycles. The Hall–Kier alpha value is -0.770. The second kappa shape index (κ2) is 8.35. The number of rotatable bonds is 7. The van der Waals surface area contributed by atoms with Crippen molar-refractivity contribution in [3.05, 3.63) is 0 Å². The molecule has 2 unspecified atom stereocenters. The van der Waals surface area contributed by atoms with Crippen LogP contribution in [0.4, 0.5) is 4.79 Å². The van der Waals surface area contributed by atoms with E-state index in [1.807, 2.05) is 20.8 Å². The fraction of sp³-hybridized carbons (Fsp3) is 0.929. The van der Waals surface area contributed by atoms with E-state index in [9.17, 15) is 9.90 Å². The SMILES string of the molecule is CC(C)CCC(C)NC(=O)N(CC(C)O)C(C)C. The lowest BCUT2D eigenvalue weighted by atomic mass is 10.0. The molecule has 0 saturated heterocycles. The molecule has 0 aromatic heterocycles. The van der Waals surface area contributed by atoms with Crippen molar-refractivity contribution in [1.29, 1.82) is 0 Å². The van der Waals surface area contributed by atoms with Crippen LogP contribution in [-0.2, 0) is 0 Å². The van der Waals surface area contributed by atoms with E-state index in [-0.39, 0.29) is 18.1 Å². The molecule has 0 bridgehead atoms. The summed E-state index contributed by atoms with van der Waals surface area (Å²) < 4.78 is 0. The lowest BCUT2D eigenvalue weighted by Crippen LogP contribution is -2.49. The molecule has 0 aliphatic rings. The Bertz CT molecular complexity index is 240. The van der Waals surface area contributed by atoms with Gasteiger partial charge in [0, 0.05) is 18.6 Å². The van der Waals surface area contributed by atoms with E-state index in [4.69, 9.17) is 0 Å². The van der Waals surface area contributed by atoms with Crippen LogP contribution in [0.5, 0.6) is 0 Å². The summed E-state index contributed by atoms with van der Waals surface area (Å²) in [6.07, 6.45) is 1.60. The fourth-order valence-corrected chi connectivity index (χ4v) is 1.76. The van der Waals surface area contributed by atoms with Crippen molar-refractivity contribution in [2.24, 2.45) is 5.92 Å². The highest BCUT2D eigenvalue weighted by Gasteiger charge is 2.19. The van der Waals surface area contributed by atoms with Crippen LogP contribution in [0.1, 0.15) is 54.4 Å². The van der Waals surface area contributed by atoms with Gasteiger partial charge in [0.25, 0.3) is 0 Å². The summed E-state index contributed by atoms with van der Waals surface area (Å²) in [6, 6.07) is 0.189. The summed E-state index contributed by atoms with van der Waals surface area (Å²) in [5.74, 6) is 0.656. The number of hydrogen-bond acceptors (Lipinski definition) is 2. The lowest BCUT2D eigenvalue weighted by Gasteiger charge is -2.29. The molecule has 0 rings (SSSR count). The number of carbonyl (C=O) groups is 1. The number of carbonyl (C=O) groups excluding carboxylic acids is 1. The zero-order valence-corrected chi connectivity index (χ0v) is 12.7. The Balaban J connectivity index is 4.24. The third kappa shape index (κ3) is 7.54. The number of aliphatic hydroxyl groups is 1. The van der Waals surface area contributed by atoms with Gasteiger partial charge in [0.05, 0.1) is 6.10 Å². The number of amides is 2. The van der Waals surface area contributed by atoms with Crippen molar-refractivity contribution in [2.45, 2.75) is 72.6 Å². The summed E-state index contributed by atoms with van der Waals surface area (Å²) in [4.78, 5) is 13.8. The molecule has 2 N–H and O–H groups in total. The molecule has 4 heteroatoms. The van der Waals surface area contributed by atoms with E-state index in [0.29, 0.717) is 12.5 Å². The molecule has 2 amide bonds. The van der Waals surface area contributed by atoms with Crippen LogP contribution in [0, 0.1) is 5.92 Å². The maximum atomic E-state index is 12.1. The van der Waals surface area contributed by atoms with Crippen LogP contribution in [0.15, 0.2) is 0 Å². The molecule has 4 nitrogen and oxygen atoms in total. The van der Waals surface area contributed by atoms with Gasteiger partial charge >= 0.3 is 6.03 Å². The zero-order chi connectivity index (χ0) is 14.3. The van der Waals surface area contributed by atoms with Crippen LogP contribution < -0.4 is 5.32 Å². The maximum Gasteiger partial charge on any atom is 0.317 e. The summed E-state index contributed by atoms with van der Waals surface area (Å²) in [5, 5.41) is 12.4. The molecule has 2 atom stereocenters. The second-order valence-corrected chi connectivity index (χ2v) is 5.92. The highest BCUT2D eigenvalue weighted by molar-refractivity contribution is 5.74.